The van der Waals surface area contributed by atoms with Gasteiger partial charge in [-0.25, -0.2) is 4.79 Å². The zero-order valence-electron chi connectivity index (χ0n) is 13.5. The van der Waals surface area contributed by atoms with Gasteiger partial charge in [-0.3, -0.25) is 4.57 Å². The van der Waals surface area contributed by atoms with Gasteiger partial charge in [-0.2, -0.15) is 0 Å². The summed E-state index contributed by atoms with van der Waals surface area (Å²) in [5.74, 6) is 0. The summed E-state index contributed by atoms with van der Waals surface area (Å²) >= 11 is 0. The first-order valence-electron chi connectivity index (χ1n) is 7.28. The molecule has 1 rings (SSSR count). The van der Waals surface area contributed by atoms with Crippen LogP contribution in [0.3, 0.4) is 0 Å². The molecule has 0 bridgehead atoms. The number of hydrogen-bond donors (Lipinski definition) is 0. The molecule has 21 heavy (non-hydrogen) atoms. The fraction of sp³-hybridized carbons (Fsp3) is 0.786. The lowest BCUT2D eigenvalue weighted by atomic mass is 10.2. The van der Waals surface area contributed by atoms with E-state index >= 15 is 0 Å². The van der Waals surface area contributed by atoms with Crippen LogP contribution in [-0.2, 0) is 18.3 Å². The van der Waals surface area contributed by atoms with Crippen LogP contribution in [0.2, 0.25) is 0 Å². The molecule has 0 aromatic carbocycles. The van der Waals surface area contributed by atoms with Crippen LogP contribution in [0.15, 0.2) is 11.4 Å². The molecule has 122 valence electrons. The van der Waals surface area contributed by atoms with Gasteiger partial charge in [0, 0.05) is 18.4 Å². The van der Waals surface area contributed by atoms with Gasteiger partial charge in [0.1, 0.15) is 5.60 Å². The monoisotopic (exact) mass is 319 g/mol. The molecule has 0 spiro atoms. The highest BCUT2D eigenvalue weighted by Crippen LogP contribution is 2.57. The van der Waals surface area contributed by atoms with E-state index in [1.165, 1.54) is 0 Å². The van der Waals surface area contributed by atoms with Crippen LogP contribution in [0.5, 0.6) is 0 Å². The van der Waals surface area contributed by atoms with E-state index in [2.05, 4.69) is 0 Å². The average molecular weight is 319 g/mol. The third-order valence-electron chi connectivity index (χ3n) is 2.79. The Hall–Kier alpha value is -0.840. The van der Waals surface area contributed by atoms with E-state index < -0.39 is 13.2 Å². The molecular formula is C14H26NO5P. The summed E-state index contributed by atoms with van der Waals surface area (Å²) in [6.45, 7) is 10.5. The molecule has 0 N–H and O–H groups in total. The van der Waals surface area contributed by atoms with Crippen molar-refractivity contribution in [2.45, 2.75) is 46.6 Å². The first kappa shape index (κ1) is 18.2. The summed E-state index contributed by atoms with van der Waals surface area (Å²) < 4.78 is 28.6. The second-order valence-electron chi connectivity index (χ2n) is 5.70. The molecule has 0 aliphatic carbocycles. The van der Waals surface area contributed by atoms with Gasteiger partial charge in [0.25, 0.3) is 0 Å². The predicted octanol–water partition coefficient (Wildman–Crippen LogP) is 3.78. The molecule has 7 heteroatoms. The summed E-state index contributed by atoms with van der Waals surface area (Å²) in [6.07, 6.45) is 1.86. The molecule has 1 heterocycles. The molecule has 1 aliphatic rings. The molecule has 1 amide bonds. The van der Waals surface area contributed by atoms with Gasteiger partial charge < -0.3 is 18.7 Å². The predicted molar refractivity (Wildman–Crippen MR) is 81.4 cm³/mol. The van der Waals surface area contributed by atoms with Gasteiger partial charge in [-0.1, -0.05) is 6.08 Å². The van der Waals surface area contributed by atoms with Crippen molar-refractivity contribution in [3.63, 3.8) is 0 Å². The van der Waals surface area contributed by atoms with E-state index in [1.807, 2.05) is 20.8 Å². The van der Waals surface area contributed by atoms with E-state index in [1.54, 1.807) is 24.8 Å². The Kier molecular flexibility index (Phi) is 6.44. The Labute approximate surface area is 127 Å². The average Bonchev–Trinajstić information content (AvgIpc) is 2.37. The molecule has 1 aliphatic heterocycles. The summed E-state index contributed by atoms with van der Waals surface area (Å²) in [5, 5.41) is 0.644. The number of rotatable bonds is 5. The molecule has 0 atom stereocenters. The normalized spacial score (nSPS) is 16.6. The van der Waals surface area contributed by atoms with Crippen molar-refractivity contribution in [1.82, 2.24) is 4.90 Å². The highest BCUT2D eigenvalue weighted by atomic mass is 31.2. The Morgan fingerprint density at radius 3 is 2.24 bits per heavy atom. The lowest BCUT2D eigenvalue weighted by Crippen LogP contribution is -2.39. The molecule has 0 aromatic heterocycles. The molecule has 0 aromatic rings. The number of carbonyl (C=O) groups excluding carboxylic acids is 1. The van der Waals surface area contributed by atoms with Crippen molar-refractivity contribution in [2.75, 3.05) is 26.3 Å². The first-order valence-corrected chi connectivity index (χ1v) is 8.82. The van der Waals surface area contributed by atoms with Crippen LogP contribution in [0.4, 0.5) is 4.79 Å². The maximum absolute atomic E-state index is 12.6. The lowest BCUT2D eigenvalue weighted by molar-refractivity contribution is 0.0266. The summed E-state index contributed by atoms with van der Waals surface area (Å²) in [4.78, 5) is 13.5. The van der Waals surface area contributed by atoms with Crippen molar-refractivity contribution < 1.29 is 23.1 Å². The van der Waals surface area contributed by atoms with E-state index in [-0.39, 0.29) is 6.09 Å². The zero-order valence-corrected chi connectivity index (χ0v) is 14.4. The van der Waals surface area contributed by atoms with Gasteiger partial charge in [0.15, 0.2) is 0 Å². The number of nitrogens with zero attached hydrogens (tertiary/aromatic N) is 1. The minimum atomic E-state index is -3.21. The minimum absolute atomic E-state index is 0.324. The van der Waals surface area contributed by atoms with Crippen LogP contribution < -0.4 is 0 Å². The van der Waals surface area contributed by atoms with Gasteiger partial charge in [-0.05, 0) is 41.0 Å². The quantitative estimate of drug-likeness (QED) is 0.722. The van der Waals surface area contributed by atoms with Crippen molar-refractivity contribution in [3.05, 3.63) is 11.4 Å². The summed E-state index contributed by atoms with van der Waals surface area (Å²) in [5.41, 5.74) is -0.521. The lowest BCUT2D eigenvalue weighted by Gasteiger charge is -2.31. The molecule has 0 saturated carbocycles. The smallest absolute Gasteiger partial charge is 0.410 e. The van der Waals surface area contributed by atoms with Gasteiger partial charge in [0.05, 0.1) is 13.2 Å². The third kappa shape index (κ3) is 5.46. The van der Waals surface area contributed by atoms with Crippen molar-refractivity contribution >= 4 is 13.7 Å². The standard InChI is InChI=1S/C14H26NO5P/c1-6-18-21(17,19-7-2)12-8-10-15(11-9-12)13(16)20-14(3,4)5/h8H,6-7,9-11H2,1-5H3. The topological polar surface area (TPSA) is 65.1 Å². The number of carbonyl (C=O) groups is 1. The molecule has 6 nitrogen and oxygen atoms in total. The van der Waals surface area contributed by atoms with Crippen LogP contribution in [0, 0.1) is 0 Å². The van der Waals surface area contributed by atoms with E-state index in [4.69, 9.17) is 13.8 Å². The van der Waals surface area contributed by atoms with Crippen LogP contribution in [0.25, 0.3) is 0 Å². The van der Waals surface area contributed by atoms with Gasteiger partial charge in [0.2, 0.25) is 0 Å². The Balaban J connectivity index is 2.72. The summed E-state index contributed by atoms with van der Waals surface area (Å²) in [7, 11) is -3.21. The van der Waals surface area contributed by atoms with Gasteiger partial charge >= 0.3 is 13.7 Å². The Morgan fingerprint density at radius 1 is 1.29 bits per heavy atom. The van der Waals surface area contributed by atoms with E-state index in [0.29, 0.717) is 38.0 Å². The SMILES string of the molecule is CCOP(=O)(OCC)C1=CCN(C(=O)OC(C)(C)C)CC1. The highest BCUT2D eigenvalue weighted by molar-refractivity contribution is 7.58. The van der Waals surface area contributed by atoms with Crippen molar-refractivity contribution in [1.29, 1.82) is 0 Å². The molecule has 0 unspecified atom stereocenters. The zero-order chi connectivity index (χ0) is 16.1. The Bertz CT molecular complexity index is 431. The molecule has 0 radical (unpaired) electrons. The maximum Gasteiger partial charge on any atom is 0.410 e. The van der Waals surface area contributed by atoms with Crippen LogP contribution >= 0.6 is 7.60 Å². The minimum Gasteiger partial charge on any atom is -0.444 e. The number of amides is 1. The van der Waals surface area contributed by atoms with Crippen molar-refractivity contribution in [2.24, 2.45) is 0 Å². The second-order valence-corrected chi connectivity index (χ2v) is 7.79. The fourth-order valence-electron chi connectivity index (χ4n) is 1.94. The number of hydrogen-bond acceptors (Lipinski definition) is 5. The third-order valence-corrected chi connectivity index (χ3v) is 5.09. The molecular weight excluding hydrogens is 293 g/mol. The van der Waals surface area contributed by atoms with Crippen LogP contribution in [-0.4, -0.2) is 42.9 Å². The largest absolute Gasteiger partial charge is 0.444 e. The first-order chi connectivity index (χ1) is 9.72. The van der Waals surface area contributed by atoms with Crippen LogP contribution in [0.1, 0.15) is 41.0 Å². The summed E-state index contributed by atoms with van der Waals surface area (Å²) in [6, 6.07) is 0. The molecule has 0 fully saturated rings. The van der Waals surface area contributed by atoms with E-state index in [9.17, 15) is 9.36 Å². The highest BCUT2D eigenvalue weighted by Gasteiger charge is 2.33. The van der Waals surface area contributed by atoms with Gasteiger partial charge in [-0.15, -0.1) is 0 Å². The van der Waals surface area contributed by atoms with E-state index in [0.717, 1.165) is 0 Å². The Morgan fingerprint density at radius 2 is 1.86 bits per heavy atom. The fourth-order valence-corrected chi connectivity index (χ4v) is 3.71. The maximum atomic E-state index is 12.6. The molecule has 0 saturated heterocycles. The second kappa shape index (κ2) is 7.43. The van der Waals surface area contributed by atoms with Crippen molar-refractivity contribution in [3.8, 4) is 0 Å². The number of ether oxygens (including phenoxy) is 1.